The molecule has 2 amide bonds. The molecule has 3 aromatic rings. The van der Waals surface area contributed by atoms with Crippen molar-refractivity contribution in [2.24, 2.45) is 7.05 Å². The molecule has 2 aromatic carbocycles. The molecule has 2 fully saturated rings. The second-order valence-electron chi connectivity index (χ2n) is 9.28. The Kier molecular flexibility index (Phi) is 6.38. The number of rotatable bonds is 5. The summed E-state index contributed by atoms with van der Waals surface area (Å²) in [6.07, 6.45) is -1.90. The van der Waals surface area contributed by atoms with Gasteiger partial charge in [0.25, 0.3) is 11.8 Å². The average Bonchev–Trinajstić information content (AvgIpc) is 3.40. The molecule has 1 aliphatic heterocycles. The largest absolute Gasteiger partial charge is 0.417 e. The third-order valence-electron chi connectivity index (χ3n) is 7.07. The maximum Gasteiger partial charge on any atom is 0.417 e. The second-order valence-corrected chi connectivity index (χ2v) is 9.65. The first-order chi connectivity index (χ1) is 18.5. The Labute approximate surface area is 225 Å². The molecule has 0 bridgehead atoms. The summed E-state index contributed by atoms with van der Waals surface area (Å²) in [5.41, 5.74) is -2.27. The average molecular weight is 557 g/mol. The monoisotopic (exact) mass is 556 g/mol. The van der Waals surface area contributed by atoms with Gasteiger partial charge in [0.05, 0.1) is 22.9 Å². The molecule has 2 aliphatic rings. The number of thiocarbonyl (C=S) groups is 1. The Morgan fingerprint density at radius 2 is 1.90 bits per heavy atom. The minimum atomic E-state index is -4.82. The van der Waals surface area contributed by atoms with Gasteiger partial charge in [0.1, 0.15) is 17.1 Å². The molecule has 1 saturated carbocycles. The van der Waals surface area contributed by atoms with Gasteiger partial charge in [0, 0.05) is 31.0 Å². The smallest absolute Gasteiger partial charge is 0.347 e. The third-order valence-corrected chi connectivity index (χ3v) is 7.43. The molecule has 0 atom stereocenters. The van der Waals surface area contributed by atoms with Crippen LogP contribution in [0.25, 0.3) is 0 Å². The van der Waals surface area contributed by atoms with E-state index in [0.29, 0.717) is 25.0 Å². The van der Waals surface area contributed by atoms with Crippen LogP contribution in [0.1, 0.15) is 46.4 Å². The lowest BCUT2D eigenvalue weighted by molar-refractivity contribution is -0.137. The number of nitrogens with one attached hydrogen (secondary N) is 1. The zero-order chi connectivity index (χ0) is 28.1. The molecule has 1 aliphatic carbocycles. The number of halogens is 4. The normalized spacial score (nSPS) is 16.4. The van der Waals surface area contributed by atoms with E-state index < -0.39 is 40.5 Å². The van der Waals surface area contributed by atoms with Gasteiger partial charge in [-0.3, -0.25) is 19.2 Å². The van der Waals surface area contributed by atoms with Crippen molar-refractivity contribution >= 4 is 40.5 Å². The number of nitrogens with zero attached hydrogens (tertiary/aromatic N) is 5. The molecule has 0 radical (unpaired) electrons. The van der Waals surface area contributed by atoms with Gasteiger partial charge in [0.2, 0.25) is 0 Å². The summed E-state index contributed by atoms with van der Waals surface area (Å²) in [5.74, 6) is -1.60. The highest BCUT2D eigenvalue weighted by Crippen LogP contribution is 2.48. The van der Waals surface area contributed by atoms with Crippen LogP contribution in [0.15, 0.2) is 48.7 Å². The van der Waals surface area contributed by atoms with Crippen molar-refractivity contribution in [3.63, 3.8) is 0 Å². The number of carbonyl (C=O) groups excluding carboxylic acids is 2. The number of aromatic nitrogens is 2. The van der Waals surface area contributed by atoms with E-state index in [2.05, 4.69) is 10.4 Å². The van der Waals surface area contributed by atoms with Crippen LogP contribution in [0.4, 0.5) is 28.9 Å². The Morgan fingerprint density at radius 3 is 2.46 bits per heavy atom. The number of carbonyl (C=O) groups is 2. The molecule has 0 unspecified atom stereocenters. The van der Waals surface area contributed by atoms with E-state index in [9.17, 15) is 22.8 Å². The predicted octanol–water partition coefficient (Wildman–Crippen LogP) is 4.44. The zero-order valence-corrected chi connectivity index (χ0v) is 21.2. The molecule has 200 valence electrons. The van der Waals surface area contributed by atoms with Crippen LogP contribution in [-0.2, 0) is 24.6 Å². The highest BCUT2D eigenvalue weighted by atomic mass is 32.1. The van der Waals surface area contributed by atoms with Crippen LogP contribution in [0.2, 0.25) is 0 Å². The van der Waals surface area contributed by atoms with E-state index in [-0.39, 0.29) is 28.6 Å². The van der Waals surface area contributed by atoms with Crippen molar-refractivity contribution in [3.8, 4) is 6.07 Å². The summed E-state index contributed by atoms with van der Waals surface area (Å²) in [6, 6.07) is 10.2. The second kappa shape index (κ2) is 9.46. The van der Waals surface area contributed by atoms with Crippen molar-refractivity contribution in [3.05, 3.63) is 76.9 Å². The Hall–Kier alpha value is -4.31. The molecule has 1 N–H and O–H groups in total. The fraction of sp³-hybridized carbons (Fsp3) is 0.269. The minimum Gasteiger partial charge on any atom is -0.347 e. The summed E-state index contributed by atoms with van der Waals surface area (Å²) >= 11 is 5.57. The van der Waals surface area contributed by atoms with Crippen molar-refractivity contribution in [1.29, 1.82) is 5.26 Å². The highest BCUT2D eigenvalue weighted by molar-refractivity contribution is 7.81. The Balaban J connectivity index is 1.44. The van der Waals surface area contributed by atoms with Crippen molar-refractivity contribution < 1.29 is 27.2 Å². The Bertz CT molecular complexity index is 1560. The summed E-state index contributed by atoms with van der Waals surface area (Å²) < 4.78 is 57.3. The van der Waals surface area contributed by atoms with E-state index in [0.717, 1.165) is 17.0 Å². The van der Waals surface area contributed by atoms with Crippen molar-refractivity contribution in [2.75, 3.05) is 9.80 Å². The Morgan fingerprint density at radius 1 is 1.18 bits per heavy atom. The molecule has 1 saturated heterocycles. The zero-order valence-electron chi connectivity index (χ0n) is 20.4. The van der Waals surface area contributed by atoms with Crippen LogP contribution >= 0.6 is 12.2 Å². The van der Waals surface area contributed by atoms with Gasteiger partial charge in [0.15, 0.2) is 5.11 Å². The van der Waals surface area contributed by atoms with Gasteiger partial charge in [-0.15, -0.1) is 0 Å². The molecule has 39 heavy (non-hydrogen) atoms. The lowest BCUT2D eigenvalue weighted by atomic mass is 9.75. The number of aryl methyl sites for hydroxylation is 1. The predicted molar refractivity (Wildman–Crippen MR) is 136 cm³/mol. The van der Waals surface area contributed by atoms with Crippen LogP contribution in [0.3, 0.4) is 0 Å². The first kappa shape index (κ1) is 26.3. The summed E-state index contributed by atoms with van der Waals surface area (Å²) in [4.78, 5) is 28.4. The maximum atomic E-state index is 15.2. The van der Waals surface area contributed by atoms with Gasteiger partial charge in [-0.05, 0) is 67.9 Å². The first-order valence-electron chi connectivity index (χ1n) is 11.8. The number of benzene rings is 2. The van der Waals surface area contributed by atoms with E-state index in [1.807, 2.05) is 0 Å². The van der Waals surface area contributed by atoms with Crippen LogP contribution in [-0.4, -0.2) is 32.2 Å². The van der Waals surface area contributed by atoms with Gasteiger partial charge in [-0.1, -0.05) is 6.07 Å². The SMILES string of the molecule is Cn1nccc1C(=O)NCc1ccc(N2C(=S)N(c3ccc(C#N)c(C(F)(F)F)c3)C(=O)C23CCC3)cc1F. The molecule has 2 heterocycles. The van der Waals surface area contributed by atoms with Crippen LogP contribution in [0.5, 0.6) is 0 Å². The van der Waals surface area contributed by atoms with E-state index in [1.165, 1.54) is 46.1 Å². The molecule has 1 spiro atoms. The quantitative estimate of drug-likeness (QED) is 0.369. The standard InChI is InChI=1S/C26H20F4N6O2S/c1-34-21(7-10-33-34)22(37)32-14-16-4-6-18(12-20(16)27)36-24(39)35(23(38)25(36)8-2-9-25)17-5-3-15(13-31)19(11-17)26(28,29)30/h3-7,10-12H,2,8-9,14H2,1H3,(H,32,37). The summed E-state index contributed by atoms with van der Waals surface area (Å²) in [5, 5.41) is 15.6. The maximum absolute atomic E-state index is 15.2. The fourth-order valence-electron chi connectivity index (χ4n) is 4.89. The van der Waals surface area contributed by atoms with Gasteiger partial charge in [-0.25, -0.2) is 4.39 Å². The van der Waals surface area contributed by atoms with Crippen molar-refractivity contribution in [2.45, 2.75) is 37.5 Å². The van der Waals surface area contributed by atoms with E-state index in [4.69, 9.17) is 17.5 Å². The number of anilines is 2. The number of alkyl halides is 3. The fourth-order valence-corrected chi connectivity index (χ4v) is 5.36. The minimum absolute atomic E-state index is 0.0887. The summed E-state index contributed by atoms with van der Waals surface area (Å²) in [7, 11) is 1.60. The van der Waals surface area contributed by atoms with Gasteiger partial charge >= 0.3 is 6.18 Å². The summed E-state index contributed by atoms with van der Waals surface area (Å²) in [6.45, 7) is -0.109. The van der Waals surface area contributed by atoms with Gasteiger partial charge < -0.3 is 10.2 Å². The van der Waals surface area contributed by atoms with E-state index in [1.54, 1.807) is 13.1 Å². The molecule has 1 aromatic heterocycles. The number of hydrogen-bond acceptors (Lipinski definition) is 5. The number of hydrogen-bond donors (Lipinski definition) is 1. The first-order valence-corrected chi connectivity index (χ1v) is 12.2. The molecular weight excluding hydrogens is 536 g/mol. The third kappa shape index (κ3) is 4.30. The lowest BCUT2D eigenvalue weighted by Gasteiger charge is -2.43. The highest BCUT2D eigenvalue weighted by Gasteiger charge is 2.59. The molecule has 5 rings (SSSR count). The molecule has 13 heteroatoms. The lowest BCUT2D eigenvalue weighted by Crippen LogP contribution is -2.55. The molecular formula is C26H20F4N6O2S. The number of nitriles is 1. The van der Waals surface area contributed by atoms with Gasteiger partial charge in [-0.2, -0.15) is 23.5 Å². The topological polar surface area (TPSA) is 94.3 Å². The van der Waals surface area contributed by atoms with Crippen LogP contribution < -0.4 is 15.1 Å². The molecule has 8 nitrogen and oxygen atoms in total. The van der Waals surface area contributed by atoms with Crippen LogP contribution in [0, 0.1) is 17.1 Å². The number of amides is 2. The van der Waals surface area contributed by atoms with E-state index >= 15 is 4.39 Å². The van der Waals surface area contributed by atoms with Crippen molar-refractivity contribution in [1.82, 2.24) is 15.1 Å².